The minimum absolute atomic E-state index is 0.107. The van der Waals surface area contributed by atoms with Crippen molar-refractivity contribution in [3.8, 4) is 0 Å². The molecule has 3 rings (SSSR count). The molecule has 2 aromatic rings. The standard InChI is InChI=1S/C19H18ClN3O2S/c1-11-3-6-15(9-12(11)2)22-19-23-17(24)10-16(26-19)18(25)21-14-7-4-13(20)5-8-14/h3-9,16H,10H2,1-2H3,(H,21,25)(H,22,23,24). The topological polar surface area (TPSA) is 70.6 Å². The van der Waals surface area contributed by atoms with E-state index in [2.05, 4.69) is 15.6 Å². The molecule has 0 saturated carbocycles. The second kappa shape index (κ2) is 7.93. The number of aryl methyl sites for hydroxylation is 2. The Morgan fingerprint density at radius 2 is 1.92 bits per heavy atom. The fourth-order valence-electron chi connectivity index (χ4n) is 2.41. The van der Waals surface area contributed by atoms with Crippen LogP contribution < -0.4 is 10.6 Å². The van der Waals surface area contributed by atoms with Crippen LogP contribution in [0, 0.1) is 13.8 Å². The van der Waals surface area contributed by atoms with Gasteiger partial charge in [0.2, 0.25) is 11.8 Å². The van der Waals surface area contributed by atoms with Crippen LogP contribution in [0.5, 0.6) is 0 Å². The van der Waals surface area contributed by atoms with Gasteiger partial charge in [0.05, 0.1) is 5.69 Å². The smallest absolute Gasteiger partial charge is 0.238 e. The molecule has 0 spiro atoms. The molecular formula is C19H18ClN3O2S. The van der Waals surface area contributed by atoms with Crippen LogP contribution in [0.3, 0.4) is 0 Å². The number of rotatable bonds is 3. The summed E-state index contributed by atoms with van der Waals surface area (Å²) in [6.07, 6.45) is 0.107. The molecule has 1 aliphatic rings. The van der Waals surface area contributed by atoms with Crippen molar-refractivity contribution in [2.45, 2.75) is 25.5 Å². The molecule has 7 heteroatoms. The van der Waals surface area contributed by atoms with Gasteiger partial charge in [-0.15, -0.1) is 0 Å². The van der Waals surface area contributed by atoms with Gasteiger partial charge in [0.25, 0.3) is 0 Å². The van der Waals surface area contributed by atoms with Crippen LogP contribution in [0.15, 0.2) is 47.5 Å². The van der Waals surface area contributed by atoms with Gasteiger partial charge in [0.15, 0.2) is 5.17 Å². The third-order valence-electron chi connectivity index (χ3n) is 4.00. The first kappa shape index (κ1) is 18.5. The highest BCUT2D eigenvalue weighted by Gasteiger charge is 2.30. The predicted molar refractivity (Wildman–Crippen MR) is 107 cm³/mol. The number of thioether (sulfide) groups is 1. The summed E-state index contributed by atoms with van der Waals surface area (Å²) < 4.78 is 0. The van der Waals surface area contributed by atoms with E-state index in [1.165, 1.54) is 17.3 Å². The van der Waals surface area contributed by atoms with Crippen LogP contribution in [-0.4, -0.2) is 22.2 Å². The van der Waals surface area contributed by atoms with Crippen molar-refractivity contribution in [2.24, 2.45) is 4.99 Å². The van der Waals surface area contributed by atoms with Crippen LogP contribution in [0.2, 0.25) is 5.02 Å². The van der Waals surface area contributed by atoms with E-state index in [1.807, 2.05) is 32.0 Å². The molecule has 1 aliphatic heterocycles. The van der Waals surface area contributed by atoms with Gasteiger partial charge in [-0.05, 0) is 61.4 Å². The number of anilines is 1. The fraction of sp³-hybridized carbons (Fsp3) is 0.211. The minimum Gasteiger partial charge on any atom is -0.325 e. The molecular weight excluding hydrogens is 370 g/mol. The fourth-order valence-corrected chi connectivity index (χ4v) is 3.54. The van der Waals surface area contributed by atoms with Crippen molar-refractivity contribution in [1.29, 1.82) is 0 Å². The van der Waals surface area contributed by atoms with E-state index >= 15 is 0 Å². The Balaban J connectivity index is 1.73. The van der Waals surface area contributed by atoms with Gasteiger partial charge < -0.3 is 10.6 Å². The van der Waals surface area contributed by atoms with Gasteiger partial charge in [-0.2, -0.15) is 0 Å². The molecule has 26 heavy (non-hydrogen) atoms. The Labute approximate surface area is 161 Å². The van der Waals surface area contributed by atoms with Gasteiger partial charge in [0.1, 0.15) is 5.25 Å². The number of halogens is 1. The third-order valence-corrected chi connectivity index (χ3v) is 5.33. The van der Waals surface area contributed by atoms with Crippen molar-refractivity contribution >= 4 is 51.7 Å². The molecule has 134 valence electrons. The van der Waals surface area contributed by atoms with Gasteiger partial charge in [-0.1, -0.05) is 29.4 Å². The lowest BCUT2D eigenvalue weighted by atomic mass is 10.1. The highest BCUT2D eigenvalue weighted by atomic mass is 35.5. The van der Waals surface area contributed by atoms with E-state index in [9.17, 15) is 9.59 Å². The van der Waals surface area contributed by atoms with E-state index in [4.69, 9.17) is 11.6 Å². The lowest BCUT2D eigenvalue weighted by Gasteiger charge is -2.22. The van der Waals surface area contributed by atoms with Gasteiger partial charge in [-0.3, -0.25) is 9.59 Å². The summed E-state index contributed by atoms with van der Waals surface area (Å²) in [6, 6.07) is 12.7. The molecule has 2 aromatic carbocycles. The molecule has 1 heterocycles. The number of hydrogen-bond donors (Lipinski definition) is 2. The lowest BCUT2D eigenvalue weighted by molar-refractivity contribution is -0.123. The zero-order chi connectivity index (χ0) is 18.7. The molecule has 1 saturated heterocycles. The number of carbonyl (C=O) groups excluding carboxylic acids is 2. The third kappa shape index (κ3) is 4.65. The normalized spacial score (nSPS) is 18.5. The monoisotopic (exact) mass is 387 g/mol. The molecule has 2 amide bonds. The number of aliphatic imine (C=N–C) groups is 1. The number of amidine groups is 1. The Bertz CT molecular complexity index is 881. The molecule has 0 radical (unpaired) electrons. The summed E-state index contributed by atoms with van der Waals surface area (Å²) in [4.78, 5) is 29.0. The molecule has 1 atom stereocenters. The molecule has 0 aliphatic carbocycles. The first-order chi connectivity index (χ1) is 12.4. The number of amides is 2. The molecule has 0 bridgehead atoms. The van der Waals surface area contributed by atoms with Crippen molar-refractivity contribution in [3.63, 3.8) is 0 Å². The Kier molecular flexibility index (Phi) is 5.64. The number of carbonyl (C=O) groups is 2. The van der Waals surface area contributed by atoms with Crippen LogP contribution in [-0.2, 0) is 9.59 Å². The highest BCUT2D eigenvalue weighted by Crippen LogP contribution is 2.26. The second-order valence-corrected chi connectivity index (χ2v) is 7.67. The molecule has 1 unspecified atom stereocenters. The Morgan fingerprint density at radius 1 is 1.19 bits per heavy atom. The second-order valence-electron chi connectivity index (χ2n) is 6.04. The van der Waals surface area contributed by atoms with E-state index in [0.29, 0.717) is 15.9 Å². The first-order valence-electron chi connectivity index (χ1n) is 8.09. The molecule has 2 N–H and O–H groups in total. The maximum absolute atomic E-state index is 12.5. The first-order valence-corrected chi connectivity index (χ1v) is 9.35. The van der Waals surface area contributed by atoms with Crippen LogP contribution >= 0.6 is 23.4 Å². The number of hydrogen-bond acceptors (Lipinski definition) is 4. The Morgan fingerprint density at radius 3 is 2.62 bits per heavy atom. The van der Waals surface area contributed by atoms with Crippen molar-refractivity contribution in [1.82, 2.24) is 5.32 Å². The van der Waals surface area contributed by atoms with Gasteiger partial charge in [-0.25, -0.2) is 4.99 Å². The summed E-state index contributed by atoms with van der Waals surface area (Å²) >= 11 is 7.10. The van der Waals surface area contributed by atoms with Gasteiger partial charge in [0, 0.05) is 17.1 Å². The van der Waals surface area contributed by atoms with E-state index in [-0.39, 0.29) is 18.2 Å². The van der Waals surface area contributed by atoms with Crippen molar-refractivity contribution < 1.29 is 9.59 Å². The maximum Gasteiger partial charge on any atom is 0.238 e. The Hall–Kier alpha value is -2.31. The number of nitrogens with zero attached hydrogens (tertiary/aromatic N) is 1. The molecule has 0 aromatic heterocycles. The maximum atomic E-state index is 12.5. The van der Waals surface area contributed by atoms with Crippen LogP contribution in [0.1, 0.15) is 17.5 Å². The van der Waals surface area contributed by atoms with Gasteiger partial charge >= 0.3 is 0 Å². The van der Waals surface area contributed by atoms with E-state index < -0.39 is 5.25 Å². The lowest BCUT2D eigenvalue weighted by Crippen LogP contribution is -2.41. The summed E-state index contributed by atoms with van der Waals surface area (Å²) in [7, 11) is 0. The highest BCUT2D eigenvalue weighted by molar-refractivity contribution is 8.15. The van der Waals surface area contributed by atoms with Crippen LogP contribution in [0.4, 0.5) is 11.4 Å². The summed E-state index contributed by atoms with van der Waals surface area (Å²) in [5, 5.41) is 6.03. The quantitative estimate of drug-likeness (QED) is 0.828. The summed E-state index contributed by atoms with van der Waals surface area (Å²) in [5.74, 6) is -0.456. The van der Waals surface area contributed by atoms with Crippen LogP contribution in [0.25, 0.3) is 0 Å². The van der Waals surface area contributed by atoms with Crippen molar-refractivity contribution in [2.75, 3.05) is 5.32 Å². The molecule has 1 fully saturated rings. The average molecular weight is 388 g/mol. The summed E-state index contributed by atoms with van der Waals surface area (Å²) in [5.41, 5.74) is 3.68. The largest absolute Gasteiger partial charge is 0.325 e. The van der Waals surface area contributed by atoms with E-state index in [0.717, 1.165) is 11.3 Å². The van der Waals surface area contributed by atoms with E-state index in [1.54, 1.807) is 24.3 Å². The summed E-state index contributed by atoms with van der Waals surface area (Å²) in [6.45, 7) is 4.04. The molecule has 5 nitrogen and oxygen atoms in total. The van der Waals surface area contributed by atoms with Crippen molar-refractivity contribution in [3.05, 3.63) is 58.6 Å². The zero-order valence-corrected chi connectivity index (χ0v) is 15.9. The number of nitrogens with one attached hydrogen (secondary N) is 2. The predicted octanol–water partition coefficient (Wildman–Crippen LogP) is 4.20. The zero-order valence-electron chi connectivity index (χ0n) is 14.4. The number of benzene rings is 2. The minimum atomic E-state index is -0.537. The average Bonchev–Trinajstić information content (AvgIpc) is 2.59. The SMILES string of the molecule is Cc1ccc(N=C2NC(=O)CC(C(=O)Nc3ccc(Cl)cc3)S2)cc1C.